The van der Waals surface area contributed by atoms with Gasteiger partial charge in [0.05, 0.1) is 22.2 Å². The van der Waals surface area contributed by atoms with Crippen LogP contribution in [0.25, 0.3) is 0 Å². The highest BCUT2D eigenvalue weighted by Crippen LogP contribution is 2.34. The molecule has 1 aromatic carbocycles. The number of anilines is 1. The number of nitriles is 1. The van der Waals surface area contributed by atoms with Gasteiger partial charge in [-0.25, -0.2) is 0 Å². The molecule has 2 N–H and O–H groups in total. The normalized spacial score (nSPS) is 12.8. The summed E-state index contributed by atoms with van der Waals surface area (Å²) in [5, 5.41) is 14.6. The largest absolute Gasteiger partial charge is 0.345 e. The van der Waals surface area contributed by atoms with Gasteiger partial charge in [0.1, 0.15) is 5.69 Å². The van der Waals surface area contributed by atoms with Crippen molar-refractivity contribution in [1.29, 1.82) is 5.26 Å². The van der Waals surface area contributed by atoms with Gasteiger partial charge in [-0.2, -0.15) is 5.26 Å². The van der Waals surface area contributed by atoms with Gasteiger partial charge in [-0.3, -0.25) is 14.4 Å². The first kappa shape index (κ1) is 21.6. The molecule has 2 heterocycles. The van der Waals surface area contributed by atoms with Crippen LogP contribution in [0.4, 0.5) is 5.69 Å². The van der Waals surface area contributed by atoms with Gasteiger partial charge < -0.3 is 15.2 Å². The number of hydrogen-bond donors (Lipinski definition) is 2. The molecule has 8 heteroatoms. The van der Waals surface area contributed by atoms with Crippen LogP contribution in [0.15, 0.2) is 18.2 Å². The molecule has 0 saturated carbocycles. The number of hydrogen-bond acceptors (Lipinski definition) is 4. The number of aryl methyl sites for hydroxylation is 1. The van der Waals surface area contributed by atoms with Gasteiger partial charge in [0.15, 0.2) is 0 Å². The molecule has 1 aliphatic heterocycles. The lowest BCUT2D eigenvalue weighted by atomic mass is 10.1. The SMILES string of the molecule is Cc1ccc(NC(=O)c2c(Cl)c(C(=O)C(=O)NC(C)(C)C)c3n2CCC3)cc1C#N. The van der Waals surface area contributed by atoms with Crippen molar-refractivity contribution in [3.8, 4) is 6.07 Å². The summed E-state index contributed by atoms with van der Waals surface area (Å²) in [7, 11) is 0. The summed E-state index contributed by atoms with van der Waals surface area (Å²) in [5.74, 6) is -2.00. The molecular formula is C22H23ClN4O3. The molecule has 1 aromatic heterocycles. The maximum atomic E-state index is 13.0. The third-order valence-corrected chi connectivity index (χ3v) is 5.23. The zero-order valence-electron chi connectivity index (χ0n) is 17.4. The summed E-state index contributed by atoms with van der Waals surface area (Å²) in [4.78, 5) is 38.3. The number of ketones is 1. The molecule has 2 amide bonds. The number of amides is 2. The Morgan fingerprint density at radius 3 is 2.57 bits per heavy atom. The average Bonchev–Trinajstić information content (AvgIpc) is 3.20. The summed E-state index contributed by atoms with van der Waals surface area (Å²) < 4.78 is 1.70. The third-order valence-electron chi connectivity index (χ3n) is 4.86. The minimum Gasteiger partial charge on any atom is -0.345 e. The van der Waals surface area contributed by atoms with Crippen LogP contribution in [-0.4, -0.2) is 27.7 Å². The van der Waals surface area contributed by atoms with Gasteiger partial charge in [-0.15, -0.1) is 0 Å². The fourth-order valence-corrected chi connectivity index (χ4v) is 3.90. The van der Waals surface area contributed by atoms with E-state index in [2.05, 4.69) is 16.7 Å². The number of Topliss-reactive ketones (excluding diaryl/α,β-unsaturated/α-hetero) is 1. The number of nitrogens with one attached hydrogen (secondary N) is 2. The van der Waals surface area contributed by atoms with E-state index in [9.17, 15) is 19.6 Å². The topological polar surface area (TPSA) is 104 Å². The molecule has 0 radical (unpaired) electrons. The molecular weight excluding hydrogens is 404 g/mol. The van der Waals surface area contributed by atoms with E-state index in [-0.39, 0.29) is 16.3 Å². The highest BCUT2D eigenvalue weighted by molar-refractivity contribution is 6.48. The number of rotatable bonds is 4. The minimum atomic E-state index is -0.756. The van der Waals surface area contributed by atoms with E-state index >= 15 is 0 Å². The van der Waals surface area contributed by atoms with E-state index in [0.29, 0.717) is 29.9 Å². The molecule has 0 bridgehead atoms. The van der Waals surface area contributed by atoms with Crippen molar-refractivity contribution < 1.29 is 14.4 Å². The number of carbonyl (C=O) groups excluding carboxylic acids is 3. The quantitative estimate of drug-likeness (QED) is 0.575. The minimum absolute atomic E-state index is 0.0242. The van der Waals surface area contributed by atoms with Gasteiger partial charge in [-0.05, 0) is 58.2 Å². The first-order chi connectivity index (χ1) is 14.0. The Morgan fingerprint density at radius 1 is 1.23 bits per heavy atom. The monoisotopic (exact) mass is 426 g/mol. The van der Waals surface area contributed by atoms with Crippen molar-refractivity contribution in [2.45, 2.75) is 52.6 Å². The van der Waals surface area contributed by atoms with E-state index in [1.54, 1.807) is 43.5 Å². The van der Waals surface area contributed by atoms with E-state index in [1.165, 1.54) is 0 Å². The second kappa shape index (κ2) is 7.96. The Morgan fingerprint density at radius 2 is 1.93 bits per heavy atom. The van der Waals surface area contributed by atoms with Crippen LogP contribution < -0.4 is 10.6 Å². The predicted molar refractivity (Wildman–Crippen MR) is 114 cm³/mol. The Hall–Kier alpha value is -3.11. The Balaban J connectivity index is 1.96. The number of benzene rings is 1. The van der Waals surface area contributed by atoms with Crippen molar-refractivity contribution in [2.24, 2.45) is 0 Å². The second-order valence-corrected chi connectivity index (χ2v) is 8.75. The molecule has 0 fully saturated rings. The highest BCUT2D eigenvalue weighted by Gasteiger charge is 2.35. The molecule has 0 aliphatic carbocycles. The molecule has 3 rings (SSSR count). The highest BCUT2D eigenvalue weighted by atomic mass is 35.5. The predicted octanol–water partition coefficient (Wildman–Crippen LogP) is 3.62. The number of carbonyl (C=O) groups is 3. The van der Waals surface area contributed by atoms with Crippen LogP contribution in [-0.2, 0) is 17.8 Å². The number of nitrogens with zero attached hydrogens (tertiary/aromatic N) is 2. The lowest BCUT2D eigenvalue weighted by Crippen LogP contribution is -2.44. The van der Waals surface area contributed by atoms with Crippen LogP contribution in [0.5, 0.6) is 0 Å². The summed E-state index contributed by atoms with van der Waals surface area (Å²) in [6.45, 7) is 7.67. The number of fused-ring (bicyclic) bond motifs is 1. The van der Waals surface area contributed by atoms with E-state index in [4.69, 9.17) is 11.6 Å². The summed E-state index contributed by atoms with van der Waals surface area (Å²) in [6.07, 6.45) is 1.30. The van der Waals surface area contributed by atoms with Crippen LogP contribution in [0.1, 0.15) is 64.9 Å². The summed E-state index contributed by atoms with van der Waals surface area (Å²) in [5.41, 5.74) is 1.96. The van der Waals surface area contributed by atoms with Crippen LogP contribution >= 0.6 is 11.6 Å². The Bertz CT molecular complexity index is 1100. The van der Waals surface area contributed by atoms with Crippen molar-refractivity contribution >= 4 is 34.9 Å². The zero-order chi connectivity index (χ0) is 22.2. The van der Waals surface area contributed by atoms with Crippen LogP contribution in [0.2, 0.25) is 5.02 Å². The summed E-state index contributed by atoms with van der Waals surface area (Å²) >= 11 is 6.47. The lowest BCUT2D eigenvalue weighted by molar-refractivity contribution is -0.118. The molecule has 7 nitrogen and oxygen atoms in total. The van der Waals surface area contributed by atoms with Gasteiger partial charge in [0.2, 0.25) is 0 Å². The smallest absolute Gasteiger partial charge is 0.292 e. The standard InChI is InChI=1S/C22H23ClN4O3/c1-12-7-8-14(10-13(12)11-24)25-20(29)18-17(23)16(15-6-5-9-27(15)18)19(28)21(30)26-22(2,3)4/h7-8,10H,5-6,9H2,1-4H3,(H,25,29)(H,26,30). The van der Waals surface area contributed by atoms with Gasteiger partial charge in [0, 0.05) is 23.5 Å². The average molecular weight is 427 g/mol. The van der Waals surface area contributed by atoms with Crippen molar-refractivity contribution in [3.05, 3.63) is 51.3 Å². The lowest BCUT2D eigenvalue weighted by Gasteiger charge is -2.19. The number of aromatic nitrogens is 1. The van der Waals surface area contributed by atoms with Gasteiger partial charge >= 0.3 is 0 Å². The molecule has 0 atom stereocenters. The molecule has 0 unspecified atom stereocenters. The van der Waals surface area contributed by atoms with Gasteiger partial charge in [-0.1, -0.05) is 17.7 Å². The summed E-state index contributed by atoms with van der Waals surface area (Å²) in [6, 6.07) is 7.09. The first-order valence-corrected chi connectivity index (χ1v) is 10.0. The molecule has 1 aliphatic rings. The Kier molecular flexibility index (Phi) is 5.73. The maximum absolute atomic E-state index is 13.0. The molecule has 0 spiro atoms. The molecule has 156 valence electrons. The number of halogens is 1. The van der Waals surface area contributed by atoms with Gasteiger partial charge in [0.25, 0.3) is 17.6 Å². The van der Waals surface area contributed by atoms with E-state index in [1.807, 2.05) is 6.92 Å². The zero-order valence-corrected chi connectivity index (χ0v) is 18.1. The van der Waals surface area contributed by atoms with Crippen molar-refractivity contribution in [1.82, 2.24) is 9.88 Å². The Labute approximate surface area is 180 Å². The maximum Gasteiger partial charge on any atom is 0.292 e. The van der Waals surface area contributed by atoms with Crippen LogP contribution in [0, 0.1) is 18.3 Å². The second-order valence-electron chi connectivity index (χ2n) is 8.37. The first-order valence-electron chi connectivity index (χ1n) is 9.63. The van der Waals surface area contributed by atoms with Crippen molar-refractivity contribution in [3.63, 3.8) is 0 Å². The third kappa shape index (κ3) is 4.10. The molecule has 30 heavy (non-hydrogen) atoms. The fourth-order valence-electron chi connectivity index (χ4n) is 3.52. The molecule has 2 aromatic rings. The molecule has 0 saturated heterocycles. The van der Waals surface area contributed by atoms with Crippen LogP contribution in [0.3, 0.4) is 0 Å². The fraction of sp³-hybridized carbons (Fsp3) is 0.364. The van der Waals surface area contributed by atoms with Crippen molar-refractivity contribution in [2.75, 3.05) is 5.32 Å². The van der Waals surface area contributed by atoms with E-state index < -0.39 is 23.1 Å². The van der Waals surface area contributed by atoms with E-state index in [0.717, 1.165) is 12.0 Å².